The quantitative estimate of drug-likeness (QED) is 0.493. The molecule has 2 N–H and O–H groups in total. The average Bonchev–Trinajstić information content (AvgIpc) is 3.21. The molecule has 1 aromatic heterocycles. The van der Waals surface area contributed by atoms with Crippen molar-refractivity contribution >= 4 is 29.1 Å². The van der Waals surface area contributed by atoms with Gasteiger partial charge in [-0.05, 0) is 34.5 Å². The van der Waals surface area contributed by atoms with Crippen molar-refractivity contribution in [2.24, 2.45) is 4.99 Å². The second-order valence-corrected chi connectivity index (χ2v) is 6.07. The number of imide groups is 1. The van der Waals surface area contributed by atoms with Gasteiger partial charge < -0.3 is 10.6 Å². The summed E-state index contributed by atoms with van der Waals surface area (Å²) in [5.41, 5.74) is 2.13. The molecule has 24 heavy (non-hydrogen) atoms. The molecule has 1 aliphatic heterocycles. The van der Waals surface area contributed by atoms with Crippen LogP contribution in [0.4, 0.5) is 0 Å². The Kier molecular flexibility index (Phi) is 4.90. The highest BCUT2D eigenvalue weighted by Gasteiger charge is 2.34. The Morgan fingerprint density at radius 1 is 1.12 bits per heavy atom. The van der Waals surface area contributed by atoms with E-state index in [0.29, 0.717) is 36.7 Å². The first-order valence-electron chi connectivity index (χ1n) is 7.61. The molecule has 0 radical (unpaired) electrons. The molecule has 1 aliphatic rings. The van der Waals surface area contributed by atoms with Crippen molar-refractivity contribution < 1.29 is 9.59 Å². The fourth-order valence-electron chi connectivity index (χ4n) is 2.53. The summed E-state index contributed by atoms with van der Waals surface area (Å²) in [6, 6.07) is 8.95. The molecule has 2 heterocycles. The number of carbonyl (C=O) groups excluding carboxylic acids is 2. The maximum atomic E-state index is 12.3. The number of fused-ring (bicyclic) bond motifs is 1. The molecule has 1 aromatic carbocycles. The zero-order valence-corrected chi connectivity index (χ0v) is 14.1. The largest absolute Gasteiger partial charge is 0.355 e. The number of benzene rings is 1. The van der Waals surface area contributed by atoms with Crippen LogP contribution in [0.5, 0.6) is 0 Å². The number of thiophene rings is 1. The Labute approximate surface area is 144 Å². The van der Waals surface area contributed by atoms with Gasteiger partial charge in [-0.3, -0.25) is 19.5 Å². The van der Waals surface area contributed by atoms with Crippen LogP contribution in [-0.4, -0.2) is 42.8 Å². The lowest BCUT2D eigenvalue weighted by atomic mass is 10.1. The fraction of sp³-hybridized carbons (Fsp3) is 0.235. The topological polar surface area (TPSA) is 73.8 Å². The number of carbonyl (C=O) groups is 2. The van der Waals surface area contributed by atoms with E-state index in [1.165, 1.54) is 10.5 Å². The molecule has 7 heteroatoms. The number of hydrogen-bond donors (Lipinski definition) is 2. The molecule has 6 nitrogen and oxygen atoms in total. The van der Waals surface area contributed by atoms with Gasteiger partial charge in [0.15, 0.2) is 5.96 Å². The molecule has 0 unspecified atom stereocenters. The van der Waals surface area contributed by atoms with Crippen LogP contribution in [0, 0.1) is 0 Å². The van der Waals surface area contributed by atoms with E-state index in [1.54, 1.807) is 42.6 Å². The fourth-order valence-corrected chi connectivity index (χ4v) is 3.20. The molecule has 0 saturated heterocycles. The van der Waals surface area contributed by atoms with Crippen LogP contribution in [0.15, 0.2) is 46.1 Å². The second kappa shape index (κ2) is 7.27. The zero-order chi connectivity index (χ0) is 16.9. The lowest BCUT2D eigenvalue weighted by Gasteiger charge is -2.16. The lowest BCUT2D eigenvalue weighted by molar-refractivity contribution is 0.0657. The monoisotopic (exact) mass is 342 g/mol. The van der Waals surface area contributed by atoms with Crippen molar-refractivity contribution in [2.75, 3.05) is 20.1 Å². The Hall–Kier alpha value is -2.67. The minimum atomic E-state index is -0.237. The first kappa shape index (κ1) is 16.2. The van der Waals surface area contributed by atoms with Gasteiger partial charge in [-0.25, -0.2) is 0 Å². The standard InChI is InChI=1S/C17H18N4O2S/c1-18-17(20-10-12-6-9-24-11-12)19-7-8-21-15(22)13-4-2-3-5-14(13)16(21)23/h2-6,9,11H,7-8,10H2,1H3,(H2,18,19,20). The Morgan fingerprint density at radius 2 is 1.83 bits per heavy atom. The molecule has 0 spiro atoms. The third-order valence-corrected chi connectivity index (χ3v) is 4.50. The summed E-state index contributed by atoms with van der Waals surface area (Å²) in [4.78, 5) is 29.9. The van der Waals surface area contributed by atoms with Crippen molar-refractivity contribution in [2.45, 2.75) is 6.54 Å². The van der Waals surface area contributed by atoms with Crippen LogP contribution in [0.1, 0.15) is 26.3 Å². The van der Waals surface area contributed by atoms with Gasteiger partial charge in [0.2, 0.25) is 0 Å². The Bertz CT molecular complexity index is 736. The van der Waals surface area contributed by atoms with Gasteiger partial charge in [0.05, 0.1) is 11.1 Å². The highest BCUT2D eigenvalue weighted by molar-refractivity contribution is 7.07. The number of guanidine groups is 1. The minimum Gasteiger partial charge on any atom is -0.355 e. The maximum absolute atomic E-state index is 12.3. The molecular formula is C17H18N4O2S. The van der Waals surface area contributed by atoms with Crippen molar-refractivity contribution in [3.8, 4) is 0 Å². The van der Waals surface area contributed by atoms with E-state index in [9.17, 15) is 9.59 Å². The molecule has 2 aromatic rings. The summed E-state index contributed by atoms with van der Waals surface area (Å²) in [6.45, 7) is 1.41. The van der Waals surface area contributed by atoms with Gasteiger partial charge >= 0.3 is 0 Å². The summed E-state index contributed by atoms with van der Waals surface area (Å²) in [5, 5.41) is 10.4. The van der Waals surface area contributed by atoms with E-state index in [0.717, 1.165) is 0 Å². The summed E-state index contributed by atoms with van der Waals surface area (Å²) in [5.74, 6) is 0.162. The molecule has 2 amide bonds. The van der Waals surface area contributed by atoms with Gasteiger partial charge in [0.1, 0.15) is 0 Å². The molecule has 0 saturated carbocycles. The van der Waals surface area contributed by atoms with Gasteiger partial charge in [0, 0.05) is 26.7 Å². The van der Waals surface area contributed by atoms with Crippen molar-refractivity contribution in [1.82, 2.24) is 15.5 Å². The Morgan fingerprint density at radius 3 is 2.42 bits per heavy atom. The van der Waals surface area contributed by atoms with Crippen LogP contribution in [-0.2, 0) is 6.54 Å². The Balaban J connectivity index is 1.51. The number of nitrogens with one attached hydrogen (secondary N) is 2. The minimum absolute atomic E-state index is 0.237. The third kappa shape index (κ3) is 3.30. The van der Waals surface area contributed by atoms with Crippen LogP contribution >= 0.6 is 11.3 Å². The van der Waals surface area contributed by atoms with Gasteiger partial charge in [0.25, 0.3) is 11.8 Å². The van der Waals surface area contributed by atoms with E-state index >= 15 is 0 Å². The maximum Gasteiger partial charge on any atom is 0.261 e. The normalized spacial score (nSPS) is 14.0. The number of hydrogen-bond acceptors (Lipinski definition) is 4. The van der Waals surface area contributed by atoms with Gasteiger partial charge in [-0.15, -0.1) is 0 Å². The predicted octanol–water partition coefficient (Wildman–Crippen LogP) is 1.71. The summed E-state index contributed by atoms with van der Waals surface area (Å²) < 4.78 is 0. The molecule has 0 bridgehead atoms. The highest BCUT2D eigenvalue weighted by Crippen LogP contribution is 2.21. The molecule has 0 atom stereocenters. The highest BCUT2D eigenvalue weighted by atomic mass is 32.1. The van der Waals surface area contributed by atoms with Crippen molar-refractivity contribution in [3.63, 3.8) is 0 Å². The van der Waals surface area contributed by atoms with Crippen LogP contribution in [0.25, 0.3) is 0 Å². The van der Waals surface area contributed by atoms with E-state index in [4.69, 9.17) is 0 Å². The van der Waals surface area contributed by atoms with E-state index in [-0.39, 0.29) is 11.8 Å². The first-order chi connectivity index (χ1) is 11.7. The molecule has 0 fully saturated rings. The SMILES string of the molecule is CN=C(NCCN1C(=O)c2ccccc2C1=O)NCc1ccsc1. The summed E-state index contributed by atoms with van der Waals surface area (Å²) in [7, 11) is 1.69. The van der Waals surface area contributed by atoms with Gasteiger partial charge in [-0.2, -0.15) is 11.3 Å². The predicted molar refractivity (Wildman–Crippen MR) is 94.3 cm³/mol. The molecular weight excluding hydrogens is 324 g/mol. The zero-order valence-electron chi connectivity index (χ0n) is 13.3. The van der Waals surface area contributed by atoms with Crippen molar-refractivity contribution in [1.29, 1.82) is 0 Å². The van der Waals surface area contributed by atoms with E-state index in [2.05, 4.69) is 21.0 Å². The van der Waals surface area contributed by atoms with Crippen LogP contribution in [0.3, 0.4) is 0 Å². The van der Waals surface area contributed by atoms with Crippen LogP contribution in [0.2, 0.25) is 0 Å². The second-order valence-electron chi connectivity index (χ2n) is 5.29. The van der Waals surface area contributed by atoms with Crippen LogP contribution < -0.4 is 10.6 Å². The van der Waals surface area contributed by atoms with E-state index in [1.807, 2.05) is 11.4 Å². The van der Waals surface area contributed by atoms with E-state index < -0.39 is 0 Å². The number of rotatable bonds is 5. The number of nitrogens with zero attached hydrogens (tertiary/aromatic N) is 2. The summed E-state index contributed by atoms with van der Waals surface area (Å²) in [6.07, 6.45) is 0. The lowest BCUT2D eigenvalue weighted by Crippen LogP contribution is -2.42. The average molecular weight is 342 g/mol. The number of aliphatic imine (C=N–C) groups is 1. The van der Waals surface area contributed by atoms with Gasteiger partial charge in [-0.1, -0.05) is 12.1 Å². The first-order valence-corrected chi connectivity index (χ1v) is 8.56. The molecule has 3 rings (SSSR count). The molecule has 124 valence electrons. The number of amides is 2. The van der Waals surface area contributed by atoms with Crippen molar-refractivity contribution in [3.05, 3.63) is 57.8 Å². The summed E-state index contributed by atoms with van der Waals surface area (Å²) >= 11 is 1.65. The molecule has 0 aliphatic carbocycles. The third-order valence-electron chi connectivity index (χ3n) is 3.77. The smallest absolute Gasteiger partial charge is 0.261 e.